The van der Waals surface area contributed by atoms with E-state index in [-0.39, 0.29) is 24.9 Å². The number of aryl methyl sites for hydroxylation is 1. The fourth-order valence-electron chi connectivity index (χ4n) is 3.43. The van der Waals surface area contributed by atoms with Crippen molar-refractivity contribution in [2.75, 3.05) is 17.7 Å². The lowest BCUT2D eigenvalue weighted by molar-refractivity contribution is -0.113. The van der Waals surface area contributed by atoms with Crippen LogP contribution in [0.3, 0.4) is 0 Å². The normalized spacial score (nSPS) is 10.8. The van der Waals surface area contributed by atoms with Crippen LogP contribution in [0.5, 0.6) is 5.75 Å². The first-order chi connectivity index (χ1) is 17.9. The molecule has 0 aliphatic rings. The maximum atomic E-state index is 12.8. The molecule has 4 rings (SSSR count). The van der Waals surface area contributed by atoms with Crippen molar-refractivity contribution < 1.29 is 19.1 Å². The molecule has 2 aromatic carbocycles. The van der Waals surface area contributed by atoms with Gasteiger partial charge in [0.2, 0.25) is 5.91 Å². The van der Waals surface area contributed by atoms with Gasteiger partial charge in [-0.25, -0.2) is 4.79 Å². The second-order valence-electron chi connectivity index (χ2n) is 7.93. The Kier molecular flexibility index (Phi) is 8.86. The Hall–Kier alpha value is -3.34. The number of thioether (sulfide) groups is 1. The number of benzene rings is 2. The number of ether oxygens (including phenoxy) is 2. The Balaban J connectivity index is 1.40. The van der Waals surface area contributed by atoms with E-state index >= 15 is 0 Å². The SMILES string of the molecule is CCOC(=O)c1c(-c2ccccc2)csc1NC(=O)CSc1nnc(COc2ccc(Cl)c(C)c2)n1C. The predicted molar refractivity (Wildman–Crippen MR) is 147 cm³/mol. The van der Waals surface area contributed by atoms with Crippen LogP contribution in [0.4, 0.5) is 5.00 Å². The molecule has 0 bridgehead atoms. The molecule has 37 heavy (non-hydrogen) atoms. The highest BCUT2D eigenvalue weighted by atomic mass is 35.5. The first kappa shape index (κ1) is 26.7. The van der Waals surface area contributed by atoms with Gasteiger partial charge in [-0.05, 0) is 43.2 Å². The van der Waals surface area contributed by atoms with E-state index in [9.17, 15) is 9.59 Å². The average molecular weight is 557 g/mol. The molecule has 0 spiro atoms. The van der Waals surface area contributed by atoms with E-state index in [2.05, 4.69) is 15.5 Å². The van der Waals surface area contributed by atoms with Gasteiger partial charge in [0.25, 0.3) is 0 Å². The molecular weight excluding hydrogens is 532 g/mol. The summed E-state index contributed by atoms with van der Waals surface area (Å²) in [7, 11) is 1.82. The van der Waals surface area contributed by atoms with Gasteiger partial charge in [0.1, 0.15) is 22.9 Å². The summed E-state index contributed by atoms with van der Waals surface area (Å²) < 4.78 is 12.8. The van der Waals surface area contributed by atoms with Gasteiger partial charge in [0, 0.05) is 23.0 Å². The number of aromatic nitrogens is 3. The Morgan fingerprint density at radius 3 is 2.68 bits per heavy atom. The molecule has 0 aliphatic carbocycles. The summed E-state index contributed by atoms with van der Waals surface area (Å²) in [5.74, 6) is 0.644. The van der Waals surface area contributed by atoms with Crippen LogP contribution >= 0.6 is 34.7 Å². The van der Waals surface area contributed by atoms with Crippen LogP contribution in [0.15, 0.2) is 59.1 Å². The highest BCUT2D eigenvalue weighted by Crippen LogP contribution is 2.36. The Morgan fingerprint density at radius 2 is 1.95 bits per heavy atom. The van der Waals surface area contributed by atoms with Crippen LogP contribution in [0.2, 0.25) is 5.02 Å². The molecule has 0 atom stereocenters. The van der Waals surface area contributed by atoms with E-state index in [1.165, 1.54) is 23.1 Å². The summed E-state index contributed by atoms with van der Waals surface area (Å²) in [6, 6.07) is 15.0. The maximum Gasteiger partial charge on any atom is 0.341 e. The Labute approximate surface area is 228 Å². The molecule has 0 fully saturated rings. The summed E-state index contributed by atoms with van der Waals surface area (Å²) >= 11 is 8.60. The van der Waals surface area contributed by atoms with E-state index in [0.717, 1.165) is 16.7 Å². The van der Waals surface area contributed by atoms with Crippen molar-refractivity contribution in [3.63, 3.8) is 0 Å². The van der Waals surface area contributed by atoms with Gasteiger partial charge < -0.3 is 19.4 Å². The van der Waals surface area contributed by atoms with Crippen LogP contribution in [0, 0.1) is 6.92 Å². The third-order valence-corrected chi connectivity index (χ3v) is 7.70. The first-order valence-corrected chi connectivity index (χ1v) is 13.7. The standard InChI is InChI=1S/C26H25ClN4O4S2/c1-4-34-25(33)23-19(17-8-6-5-7-9-17)14-36-24(23)28-22(32)15-37-26-30-29-21(31(26)3)13-35-18-10-11-20(27)16(2)12-18/h5-12,14H,4,13,15H2,1-3H3,(H,28,32). The second kappa shape index (κ2) is 12.3. The smallest absolute Gasteiger partial charge is 0.341 e. The van der Waals surface area contributed by atoms with Crippen molar-refractivity contribution >= 4 is 51.6 Å². The van der Waals surface area contributed by atoms with Gasteiger partial charge in [0.15, 0.2) is 11.0 Å². The zero-order valence-electron chi connectivity index (χ0n) is 20.5. The summed E-state index contributed by atoms with van der Waals surface area (Å²) in [6.07, 6.45) is 0. The molecule has 11 heteroatoms. The monoisotopic (exact) mass is 556 g/mol. The molecule has 4 aromatic rings. The zero-order valence-corrected chi connectivity index (χ0v) is 22.9. The Bertz CT molecular complexity index is 1410. The lowest BCUT2D eigenvalue weighted by Gasteiger charge is -2.09. The number of halogens is 1. The van der Waals surface area contributed by atoms with Crippen LogP contribution in [-0.4, -0.2) is 39.0 Å². The molecule has 1 amide bonds. The molecule has 1 N–H and O–H groups in total. The quantitative estimate of drug-likeness (QED) is 0.189. The molecule has 0 aliphatic heterocycles. The average Bonchev–Trinajstić information content (AvgIpc) is 3.47. The number of thiophene rings is 1. The van der Waals surface area contributed by atoms with Gasteiger partial charge in [-0.3, -0.25) is 4.79 Å². The topological polar surface area (TPSA) is 95.3 Å². The molecule has 192 valence electrons. The van der Waals surface area contributed by atoms with Crippen LogP contribution in [-0.2, 0) is 23.2 Å². The molecule has 0 unspecified atom stereocenters. The summed E-state index contributed by atoms with van der Waals surface area (Å²) in [4.78, 5) is 25.5. The summed E-state index contributed by atoms with van der Waals surface area (Å²) in [5, 5.41) is 14.8. The lowest BCUT2D eigenvalue weighted by Crippen LogP contribution is -2.16. The number of hydrogen-bond donors (Lipinski definition) is 1. The minimum Gasteiger partial charge on any atom is -0.486 e. The minimum atomic E-state index is -0.473. The Morgan fingerprint density at radius 1 is 1.16 bits per heavy atom. The summed E-state index contributed by atoms with van der Waals surface area (Å²) in [5.41, 5.74) is 2.87. The van der Waals surface area contributed by atoms with Crippen molar-refractivity contribution in [2.24, 2.45) is 7.05 Å². The number of carbonyl (C=O) groups is 2. The molecule has 8 nitrogen and oxygen atoms in total. The third kappa shape index (κ3) is 6.51. The van der Waals surface area contributed by atoms with Crippen molar-refractivity contribution in [3.8, 4) is 16.9 Å². The van der Waals surface area contributed by atoms with Crippen LogP contribution in [0.1, 0.15) is 28.7 Å². The van der Waals surface area contributed by atoms with Gasteiger partial charge >= 0.3 is 5.97 Å². The fraction of sp³-hybridized carbons (Fsp3) is 0.231. The van der Waals surface area contributed by atoms with Gasteiger partial charge in [0.05, 0.1) is 12.4 Å². The molecule has 0 saturated heterocycles. The minimum absolute atomic E-state index is 0.0873. The molecular formula is C26H25ClN4O4S2. The second-order valence-corrected chi connectivity index (χ2v) is 10.2. The van der Waals surface area contributed by atoms with E-state index in [1.807, 2.05) is 55.7 Å². The van der Waals surface area contributed by atoms with Crippen LogP contribution in [0.25, 0.3) is 11.1 Å². The highest BCUT2D eigenvalue weighted by molar-refractivity contribution is 7.99. The van der Waals surface area contributed by atoms with E-state index in [0.29, 0.717) is 32.3 Å². The largest absolute Gasteiger partial charge is 0.486 e. The maximum absolute atomic E-state index is 12.8. The van der Waals surface area contributed by atoms with Gasteiger partial charge in [-0.1, -0.05) is 53.7 Å². The predicted octanol–water partition coefficient (Wildman–Crippen LogP) is 5.99. The number of esters is 1. The number of nitrogens with zero attached hydrogens (tertiary/aromatic N) is 3. The number of carbonyl (C=O) groups excluding carboxylic acids is 2. The van der Waals surface area contributed by atoms with E-state index in [4.69, 9.17) is 21.1 Å². The summed E-state index contributed by atoms with van der Waals surface area (Å²) in [6.45, 7) is 4.11. The number of hydrogen-bond acceptors (Lipinski definition) is 8. The van der Waals surface area contributed by atoms with Crippen molar-refractivity contribution in [1.29, 1.82) is 0 Å². The number of amides is 1. The third-order valence-electron chi connectivity index (χ3n) is 5.36. The fourth-order valence-corrected chi connectivity index (χ4v) is 5.25. The number of nitrogens with one attached hydrogen (secondary N) is 1. The molecule has 0 radical (unpaired) electrons. The van der Waals surface area contributed by atoms with Crippen LogP contribution < -0.4 is 10.1 Å². The number of rotatable bonds is 10. The van der Waals surface area contributed by atoms with Gasteiger partial charge in [-0.15, -0.1) is 21.5 Å². The van der Waals surface area contributed by atoms with Crippen molar-refractivity contribution in [2.45, 2.75) is 25.6 Å². The first-order valence-electron chi connectivity index (χ1n) is 11.4. The molecule has 2 heterocycles. The highest BCUT2D eigenvalue weighted by Gasteiger charge is 2.23. The molecule has 0 saturated carbocycles. The van der Waals surface area contributed by atoms with E-state index in [1.54, 1.807) is 23.6 Å². The zero-order chi connectivity index (χ0) is 26.4. The van der Waals surface area contributed by atoms with Crippen molar-refractivity contribution in [1.82, 2.24) is 14.8 Å². The van der Waals surface area contributed by atoms with Gasteiger partial charge in [-0.2, -0.15) is 0 Å². The lowest BCUT2D eigenvalue weighted by atomic mass is 10.0. The van der Waals surface area contributed by atoms with Crippen molar-refractivity contribution in [3.05, 3.63) is 75.9 Å². The van der Waals surface area contributed by atoms with E-state index < -0.39 is 5.97 Å². The molecule has 2 aromatic heterocycles. The number of anilines is 1.